The van der Waals surface area contributed by atoms with Crippen molar-refractivity contribution in [1.82, 2.24) is 10.2 Å². The second kappa shape index (κ2) is 6.09. The number of nitrogens with zero attached hydrogens (tertiary/aromatic N) is 1. The van der Waals surface area contributed by atoms with Crippen molar-refractivity contribution in [2.24, 2.45) is 0 Å². The van der Waals surface area contributed by atoms with Crippen molar-refractivity contribution >= 4 is 11.6 Å². The van der Waals surface area contributed by atoms with Crippen molar-refractivity contribution < 1.29 is 9.47 Å². The van der Waals surface area contributed by atoms with Gasteiger partial charge in [-0.05, 0) is 24.1 Å². The van der Waals surface area contributed by atoms with Crippen molar-refractivity contribution in [1.29, 1.82) is 0 Å². The molecule has 3 rings (SSSR count). The number of halogens is 1. The Bertz CT molecular complexity index is 447. The molecule has 2 aliphatic heterocycles. The lowest BCUT2D eigenvalue weighted by molar-refractivity contribution is -0.0171. The van der Waals surface area contributed by atoms with Gasteiger partial charge in [0.05, 0.1) is 6.61 Å². The molecule has 0 atom stereocenters. The third-order valence-corrected chi connectivity index (χ3v) is 3.88. The number of fused-ring (bicyclic) bond motifs is 1. The van der Waals surface area contributed by atoms with E-state index in [1.807, 2.05) is 12.1 Å². The Morgan fingerprint density at radius 3 is 2.95 bits per heavy atom. The molecule has 0 saturated carbocycles. The maximum absolute atomic E-state index is 6.17. The maximum atomic E-state index is 6.17. The van der Waals surface area contributed by atoms with Gasteiger partial charge in [-0.1, -0.05) is 11.6 Å². The molecule has 19 heavy (non-hydrogen) atoms. The van der Waals surface area contributed by atoms with Crippen LogP contribution < -0.4 is 10.1 Å². The Kier molecular flexibility index (Phi) is 4.23. The van der Waals surface area contributed by atoms with E-state index in [9.17, 15) is 0 Å². The average Bonchev–Trinajstić information content (AvgIpc) is 2.45. The highest BCUT2D eigenvalue weighted by Gasteiger charge is 2.17. The fraction of sp³-hybridized carbons (Fsp3) is 0.571. The molecule has 104 valence electrons. The predicted molar refractivity (Wildman–Crippen MR) is 74.7 cm³/mol. The van der Waals surface area contributed by atoms with Crippen LogP contribution in [-0.2, 0) is 17.8 Å². The Balaban J connectivity index is 1.70. The molecular formula is C14H19ClN2O2. The number of hydrogen-bond acceptors (Lipinski definition) is 4. The molecule has 0 bridgehead atoms. The van der Waals surface area contributed by atoms with Gasteiger partial charge in [0.15, 0.2) is 6.79 Å². The summed E-state index contributed by atoms with van der Waals surface area (Å²) in [6.45, 7) is 6.39. The molecule has 1 fully saturated rings. The summed E-state index contributed by atoms with van der Waals surface area (Å²) in [5.74, 6) is 0.978. The Labute approximate surface area is 118 Å². The van der Waals surface area contributed by atoms with Gasteiger partial charge in [-0.2, -0.15) is 0 Å². The van der Waals surface area contributed by atoms with Crippen LogP contribution in [0.1, 0.15) is 11.1 Å². The minimum atomic E-state index is 0.343. The molecule has 0 unspecified atom stereocenters. The van der Waals surface area contributed by atoms with Gasteiger partial charge in [-0.25, -0.2) is 0 Å². The van der Waals surface area contributed by atoms with Crippen LogP contribution in [0, 0.1) is 0 Å². The van der Waals surface area contributed by atoms with E-state index in [2.05, 4.69) is 10.2 Å². The van der Waals surface area contributed by atoms with Crippen molar-refractivity contribution in [2.45, 2.75) is 13.0 Å². The van der Waals surface area contributed by atoms with Crippen LogP contribution in [0.4, 0.5) is 0 Å². The summed E-state index contributed by atoms with van der Waals surface area (Å²) in [5, 5.41) is 4.13. The van der Waals surface area contributed by atoms with Crippen LogP contribution >= 0.6 is 11.6 Å². The van der Waals surface area contributed by atoms with Crippen LogP contribution in [0.5, 0.6) is 5.75 Å². The van der Waals surface area contributed by atoms with Crippen LogP contribution in [-0.4, -0.2) is 44.4 Å². The SMILES string of the molecule is Clc1cc(CCN2CCNCC2)c2c(c1)COCO2. The van der Waals surface area contributed by atoms with Crippen LogP contribution in [0.2, 0.25) is 5.02 Å². The van der Waals surface area contributed by atoms with Gasteiger partial charge in [0.1, 0.15) is 5.75 Å². The van der Waals surface area contributed by atoms with Gasteiger partial charge in [0.2, 0.25) is 0 Å². The third kappa shape index (κ3) is 3.20. The van der Waals surface area contributed by atoms with E-state index in [0.717, 1.165) is 55.5 Å². The normalized spacial score (nSPS) is 19.8. The highest BCUT2D eigenvalue weighted by atomic mass is 35.5. The summed E-state index contributed by atoms with van der Waals surface area (Å²) >= 11 is 6.17. The summed E-state index contributed by atoms with van der Waals surface area (Å²) in [6.07, 6.45) is 0.975. The molecule has 5 heteroatoms. The van der Waals surface area contributed by atoms with E-state index in [-0.39, 0.29) is 0 Å². The van der Waals surface area contributed by atoms with E-state index >= 15 is 0 Å². The van der Waals surface area contributed by atoms with Crippen molar-refractivity contribution in [2.75, 3.05) is 39.5 Å². The highest BCUT2D eigenvalue weighted by Crippen LogP contribution is 2.31. The molecule has 4 nitrogen and oxygen atoms in total. The Morgan fingerprint density at radius 2 is 2.11 bits per heavy atom. The third-order valence-electron chi connectivity index (χ3n) is 3.66. The fourth-order valence-electron chi connectivity index (χ4n) is 2.66. The molecule has 0 aliphatic carbocycles. The van der Waals surface area contributed by atoms with Gasteiger partial charge in [-0.15, -0.1) is 0 Å². The van der Waals surface area contributed by atoms with Crippen LogP contribution in [0.25, 0.3) is 0 Å². The molecule has 1 saturated heterocycles. The quantitative estimate of drug-likeness (QED) is 0.914. The Morgan fingerprint density at radius 1 is 1.26 bits per heavy atom. The summed E-state index contributed by atoms with van der Waals surface area (Å²) in [4.78, 5) is 2.48. The summed E-state index contributed by atoms with van der Waals surface area (Å²) in [6, 6.07) is 3.96. The molecule has 0 spiro atoms. The fourth-order valence-corrected chi connectivity index (χ4v) is 2.92. The number of ether oxygens (including phenoxy) is 2. The zero-order valence-electron chi connectivity index (χ0n) is 11.0. The first kappa shape index (κ1) is 13.2. The van der Waals surface area contributed by atoms with E-state index in [1.54, 1.807) is 0 Å². The monoisotopic (exact) mass is 282 g/mol. The zero-order chi connectivity index (χ0) is 13.1. The van der Waals surface area contributed by atoms with Crippen LogP contribution in [0.15, 0.2) is 12.1 Å². The van der Waals surface area contributed by atoms with Gasteiger partial charge in [0, 0.05) is 43.3 Å². The molecule has 1 aromatic rings. The highest BCUT2D eigenvalue weighted by molar-refractivity contribution is 6.30. The van der Waals surface area contributed by atoms with E-state index in [4.69, 9.17) is 21.1 Å². The molecule has 1 aromatic carbocycles. The topological polar surface area (TPSA) is 33.7 Å². The second-order valence-corrected chi connectivity index (χ2v) is 5.44. The van der Waals surface area contributed by atoms with Crippen molar-refractivity contribution in [3.8, 4) is 5.75 Å². The molecular weight excluding hydrogens is 264 g/mol. The minimum Gasteiger partial charge on any atom is -0.467 e. The number of nitrogens with one attached hydrogen (secondary N) is 1. The van der Waals surface area contributed by atoms with Crippen molar-refractivity contribution in [3.63, 3.8) is 0 Å². The Hall–Kier alpha value is -0.810. The number of benzene rings is 1. The summed E-state index contributed by atoms with van der Waals surface area (Å²) in [5.41, 5.74) is 2.26. The zero-order valence-corrected chi connectivity index (χ0v) is 11.7. The van der Waals surface area contributed by atoms with Crippen LogP contribution in [0.3, 0.4) is 0 Å². The second-order valence-electron chi connectivity index (χ2n) is 5.01. The lowest BCUT2D eigenvalue weighted by atomic mass is 10.1. The summed E-state index contributed by atoms with van der Waals surface area (Å²) in [7, 11) is 0. The van der Waals surface area contributed by atoms with Gasteiger partial charge >= 0.3 is 0 Å². The van der Waals surface area contributed by atoms with E-state index < -0.39 is 0 Å². The predicted octanol–water partition coefficient (Wildman–Crippen LogP) is 1.65. The summed E-state index contributed by atoms with van der Waals surface area (Å²) < 4.78 is 10.9. The van der Waals surface area contributed by atoms with Crippen molar-refractivity contribution in [3.05, 3.63) is 28.3 Å². The molecule has 2 heterocycles. The largest absolute Gasteiger partial charge is 0.467 e. The number of hydrogen-bond donors (Lipinski definition) is 1. The van der Waals surface area contributed by atoms with Gasteiger partial charge < -0.3 is 19.7 Å². The lowest BCUT2D eigenvalue weighted by Gasteiger charge is -2.28. The van der Waals surface area contributed by atoms with Gasteiger partial charge in [-0.3, -0.25) is 0 Å². The van der Waals surface area contributed by atoms with Gasteiger partial charge in [0.25, 0.3) is 0 Å². The van der Waals surface area contributed by atoms with E-state index in [1.165, 1.54) is 5.56 Å². The molecule has 0 aromatic heterocycles. The first-order valence-electron chi connectivity index (χ1n) is 6.78. The molecule has 0 amide bonds. The lowest BCUT2D eigenvalue weighted by Crippen LogP contribution is -2.44. The molecule has 1 N–H and O–H groups in total. The average molecular weight is 283 g/mol. The van der Waals surface area contributed by atoms with E-state index in [0.29, 0.717) is 13.4 Å². The first-order chi connectivity index (χ1) is 9.33. The number of piperazine rings is 1. The maximum Gasteiger partial charge on any atom is 0.189 e. The number of rotatable bonds is 3. The first-order valence-corrected chi connectivity index (χ1v) is 7.15. The molecule has 0 radical (unpaired) electrons. The smallest absolute Gasteiger partial charge is 0.189 e. The minimum absolute atomic E-state index is 0.343. The molecule has 2 aliphatic rings. The standard InChI is InChI=1S/C14H19ClN2O2/c15-13-7-11(1-4-17-5-2-16-3-6-17)14-12(8-13)9-18-10-19-14/h7-8,16H,1-6,9-10H2.